The molecule has 110 valence electrons. The van der Waals surface area contributed by atoms with E-state index >= 15 is 0 Å². The van der Waals surface area contributed by atoms with E-state index < -0.39 is 0 Å². The Balaban J connectivity index is 2.60. The molecule has 0 atom stereocenters. The van der Waals surface area contributed by atoms with Crippen molar-refractivity contribution in [3.63, 3.8) is 0 Å². The fourth-order valence-electron chi connectivity index (χ4n) is 1.85. The van der Waals surface area contributed by atoms with E-state index in [4.69, 9.17) is 10.9 Å². The number of carbonyl (C=O) groups excluding carboxylic acids is 1. The van der Waals surface area contributed by atoms with Gasteiger partial charge in [-0.3, -0.25) is 4.79 Å². The van der Waals surface area contributed by atoms with Crippen LogP contribution >= 0.6 is 0 Å². The fourth-order valence-corrected chi connectivity index (χ4v) is 1.85. The molecule has 1 rings (SSSR count). The predicted molar refractivity (Wildman–Crippen MR) is 79.1 cm³/mol. The Morgan fingerprint density at radius 1 is 1.35 bits per heavy atom. The zero-order valence-corrected chi connectivity index (χ0v) is 12.0. The Morgan fingerprint density at radius 2 is 2.00 bits per heavy atom. The van der Waals surface area contributed by atoms with Crippen molar-refractivity contribution in [1.82, 2.24) is 10.2 Å². The van der Waals surface area contributed by atoms with Crippen LogP contribution in [0.4, 0.5) is 0 Å². The van der Waals surface area contributed by atoms with Gasteiger partial charge in [-0.15, -0.1) is 0 Å². The van der Waals surface area contributed by atoms with Gasteiger partial charge in [0, 0.05) is 24.2 Å². The highest BCUT2D eigenvalue weighted by Crippen LogP contribution is 2.05. The fraction of sp³-hybridized carbons (Fsp3) is 0.429. The molecule has 0 spiro atoms. The summed E-state index contributed by atoms with van der Waals surface area (Å²) in [7, 11) is 0. The first-order valence-corrected chi connectivity index (χ1v) is 6.70. The van der Waals surface area contributed by atoms with Crippen LogP contribution in [-0.4, -0.2) is 48.0 Å². The summed E-state index contributed by atoms with van der Waals surface area (Å²) in [4.78, 5) is 14.2. The first kappa shape index (κ1) is 16.0. The smallest absolute Gasteiger partial charge is 0.251 e. The molecule has 0 saturated heterocycles. The van der Waals surface area contributed by atoms with Crippen molar-refractivity contribution < 1.29 is 10.0 Å². The molecule has 0 aliphatic carbocycles. The van der Waals surface area contributed by atoms with Gasteiger partial charge in [0.25, 0.3) is 5.91 Å². The third kappa shape index (κ3) is 4.55. The third-order valence-corrected chi connectivity index (χ3v) is 3.14. The molecule has 0 fully saturated rings. The predicted octanol–water partition coefficient (Wildman–Crippen LogP) is 0.853. The lowest BCUT2D eigenvalue weighted by molar-refractivity contribution is 0.0949. The lowest BCUT2D eigenvalue weighted by Gasteiger charge is -2.18. The third-order valence-electron chi connectivity index (χ3n) is 3.14. The van der Waals surface area contributed by atoms with Gasteiger partial charge in [-0.25, -0.2) is 0 Å². The molecule has 0 aliphatic rings. The minimum Gasteiger partial charge on any atom is -0.409 e. The topological polar surface area (TPSA) is 91.0 Å². The van der Waals surface area contributed by atoms with E-state index in [2.05, 4.69) is 29.2 Å². The molecule has 6 nitrogen and oxygen atoms in total. The number of rotatable bonds is 7. The van der Waals surface area contributed by atoms with Crippen LogP contribution < -0.4 is 11.1 Å². The Hall–Kier alpha value is -2.08. The molecule has 0 unspecified atom stereocenters. The van der Waals surface area contributed by atoms with Crippen LogP contribution in [0.15, 0.2) is 29.4 Å². The van der Waals surface area contributed by atoms with Gasteiger partial charge >= 0.3 is 0 Å². The van der Waals surface area contributed by atoms with Gasteiger partial charge < -0.3 is 21.2 Å². The highest BCUT2D eigenvalue weighted by molar-refractivity contribution is 6.01. The van der Waals surface area contributed by atoms with Gasteiger partial charge in [0.15, 0.2) is 5.84 Å². The lowest BCUT2D eigenvalue weighted by Crippen LogP contribution is -2.34. The molecule has 0 heterocycles. The zero-order chi connectivity index (χ0) is 15.0. The van der Waals surface area contributed by atoms with Crippen molar-refractivity contribution >= 4 is 11.7 Å². The number of nitrogens with one attached hydrogen (secondary N) is 1. The molecule has 1 aromatic rings. The summed E-state index contributed by atoms with van der Waals surface area (Å²) in [6.07, 6.45) is 0. The zero-order valence-electron chi connectivity index (χ0n) is 12.0. The molecule has 4 N–H and O–H groups in total. The summed E-state index contributed by atoms with van der Waals surface area (Å²) >= 11 is 0. The van der Waals surface area contributed by atoms with E-state index in [1.807, 2.05) is 0 Å². The summed E-state index contributed by atoms with van der Waals surface area (Å²) in [6, 6.07) is 6.68. The highest BCUT2D eigenvalue weighted by atomic mass is 16.4. The summed E-state index contributed by atoms with van der Waals surface area (Å²) < 4.78 is 0. The van der Waals surface area contributed by atoms with Crippen LogP contribution in [0, 0.1) is 0 Å². The second kappa shape index (κ2) is 8.16. The van der Waals surface area contributed by atoms with Crippen molar-refractivity contribution in [3.8, 4) is 0 Å². The average Bonchev–Trinajstić information content (AvgIpc) is 2.50. The van der Waals surface area contributed by atoms with Crippen LogP contribution in [0.3, 0.4) is 0 Å². The summed E-state index contributed by atoms with van der Waals surface area (Å²) in [5, 5.41) is 14.4. The van der Waals surface area contributed by atoms with Gasteiger partial charge in [-0.05, 0) is 25.2 Å². The van der Waals surface area contributed by atoms with E-state index in [1.165, 1.54) is 0 Å². The number of benzene rings is 1. The van der Waals surface area contributed by atoms with Crippen molar-refractivity contribution in [2.45, 2.75) is 13.8 Å². The van der Waals surface area contributed by atoms with Crippen molar-refractivity contribution in [2.24, 2.45) is 10.9 Å². The molecule has 0 aliphatic heterocycles. The van der Waals surface area contributed by atoms with Crippen LogP contribution in [-0.2, 0) is 0 Å². The molecule has 0 saturated carbocycles. The maximum atomic E-state index is 12.0. The Kier molecular flexibility index (Phi) is 6.52. The van der Waals surface area contributed by atoms with Crippen molar-refractivity contribution in [2.75, 3.05) is 26.2 Å². The van der Waals surface area contributed by atoms with Gasteiger partial charge in [-0.1, -0.05) is 31.1 Å². The van der Waals surface area contributed by atoms with Crippen LogP contribution in [0.5, 0.6) is 0 Å². The average molecular weight is 278 g/mol. The van der Waals surface area contributed by atoms with E-state index in [-0.39, 0.29) is 11.7 Å². The highest BCUT2D eigenvalue weighted by Gasteiger charge is 2.08. The van der Waals surface area contributed by atoms with Crippen LogP contribution in [0.1, 0.15) is 29.8 Å². The first-order chi connectivity index (χ1) is 9.62. The number of nitrogens with zero attached hydrogens (tertiary/aromatic N) is 2. The monoisotopic (exact) mass is 278 g/mol. The molecular weight excluding hydrogens is 256 g/mol. The standard InChI is InChI=1S/C14H22N4O2/c1-3-18(4-2)9-8-16-14(19)12-7-5-6-11(10-12)13(15)17-20/h5-7,10,20H,3-4,8-9H2,1-2H3,(H2,15,17)(H,16,19). The number of carbonyl (C=O) groups is 1. The lowest BCUT2D eigenvalue weighted by atomic mass is 10.1. The van der Waals surface area contributed by atoms with E-state index in [0.717, 1.165) is 19.6 Å². The second-order valence-corrected chi connectivity index (χ2v) is 4.35. The van der Waals surface area contributed by atoms with Gasteiger partial charge in [0.05, 0.1) is 0 Å². The van der Waals surface area contributed by atoms with Crippen LogP contribution in [0.25, 0.3) is 0 Å². The summed E-state index contributed by atoms with van der Waals surface area (Å²) in [5.41, 5.74) is 6.51. The molecule has 20 heavy (non-hydrogen) atoms. The molecule has 6 heteroatoms. The van der Waals surface area contributed by atoms with E-state index in [0.29, 0.717) is 17.7 Å². The quantitative estimate of drug-likeness (QED) is 0.298. The van der Waals surface area contributed by atoms with E-state index in [1.54, 1.807) is 24.3 Å². The minimum absolute atomic E-state index is 0.0113. The summed E-state index contributed by atoms with van der Waals surface area (Å²) in [6.45, 7) is 7.52. The largest absolute Gasteiger partial charge is 0.409 e. The number of hydrogen-bond donors (Lipinski definition) is 3. The molecule has 0 aromatic heterocycles. The van der Waals surface area contributed by atoms with Gasteiger partial charge in [0.1, 0.15) is 0 Å². The number of amides is 1. The van der Waals surface area contributed by atoms with Gasteiger partial charge in [0.2, 0.25) is 0 Å². The first-order valence-electron chi connectivity index (χ1n) is 6.70. The summed E-state index contributed by atoms with van der Waals surface area (Å²) in [5.74, 6) is -0.174. The van der Waals surface area contributed by atoms with Crippen molar-refractivity contribution in [1.29, 1.82) is 0 Å². The molecule has 0 radical (unpaired) electrons. The van der Waals surface area contributed by atoms with Crippen LogP contribution in [0.2, 0.25) is 0 Å². The number of amidine groups is 1. The maximum Gasteiger partial charge on any atom is 0.251 e. The minimum atomic E-state index is -0.162. The second-order valence-electron chi connectivity index (χ2n) is 4.35. The molecule has 0 bridgehead atoms. The number of nitrogens with two attached hydrogens (primary N) is 1. The number of oxime groups is 1. The van der Waals surface area contributed by atoms with Crippen molar-refractivity contribution in [3.05, 3.63) is 35.4 Å². The maximum absolute atomic E-state index is 12.0. The molecule has 1 amide bonds. The Bertz CT molecular complexity index is 470. The number of likely N-dealkylation sites (N-methyl/N-ethyl adjacent to an activating group) is 1. The van der Waals surface area contributed by atoms with Gasteiger partial charge in [-0.2, -0.15) is 0 Å². The SMILES string of the molecule is CCN(CC)CCNC(=O)c1cccc(/C(N)=N/O)c1. The number of hydrogen-bond acceptors (Lipinski definition) is 4. The molecular formula is C14H22N4O2. The molecule has 1 aromatic carbocycles. The Morgan fingerprint density at radius 3 is 2.60 bits per heavy atom. The van der Waals surface area contributed by atoms with E-state index in [9.17, 15) is 4.79 Å². The normalized spacial score (nSPS) is 11.7. The Labute approximate surface area is 119 Å².